The SMILES string of the molecule is CCCc1cccc(N(CC)c2ncc(C(F)(F)F)c(OCC(F)(F)F)n2)c1. The van der Waals surface area contributed by atoms with Gasteiger partial charge >= 0.3 is 12.4 Å². The van der Waals surface area contributed by atoms with Crippen LogP contribution in [-0.2, 0) is 12.6 Å². The van der Waals surface area contributed by atoms with Crippen molar-refractivity contribution in [2.24, 2.45) is 0 Å². The van der Waals surface area contributed by atoms with Crippen LogP contribution in [0.1, 0.15) is 31.4 Å². The molecule has 28 heavy (non-hydrogen) atoms. The Balaban J connectivity index is 2.44. The van der Waals surface area contributed by atoms with Gasteiger partial charge in [0.15, 0.2) is 6.61 Å². The zero-order chi connectivity index (χ0) is 20.9. The number of aromatic nitrogens is 2. The maximum absolute atomic E-state index is 13.1. The summed E-state index contributed by atoms with van der Waals surface area (Å²) in [7, 11) is 0. The molecule has 0 amide bonds. The van der Waals surface area contributed by atoms with E-state index in [4.69, 9.17) is 0 Å². The Bertz CT molecular complexity index is 792. The van der Waals surface area contributed by atoms with Gasteiger partial charge in [0, 0.05) is 18.4 Å². The second-order valence-electron chi connectivity index (χ2n) is 5.95. The van der Waals surface area contributed by atoms with Gasteiger partial charge in [-0.3, -0.25) is 0 Å². The van der Waals surface area contributed by atoms with E-state index in [0.717, 1.165) is 18.4 Å². The fourth-order valence-electron chi connectivity index (χ4n) is 2.55. The molecule has 0 saturated heterocycles. The van der Waals surface area contributed by atoms with Crippen molar-refractivity contribution in [2.75, 3.05) is 18.1 Å². The molecule has 10 heteroatoms. The largest absolute Gasteiger partial charge is 0.467 e. The van der Waals surface area contributed by atoms with E-state index in [0.29, 0.717) is 18.4 Å². The molecule has 0 bridgehead atoms. The van der Waals surface area contributed by atoms with E-state index in [-0.39, 0.29) is 5.95 Å². The average molecular weight is 407 g/mol. The van der Waals surface area contributed by atoms with Crippen molar-refractivity contribution < 1.29 is 31.1 Å². The Labute approximate surface area is 158 Å². The quantitative estimate of drug-likeness (QED) is 0.565. The molecule has 0 aliphatic carbocycles. The first kappa shape index (κ1) is 21.8. The zero-order valence-corrected chi connectivity index (χ0v) is 15.2. The Morgan fingerprint density at radius 3 is 2.36 bits per heavy atom. The Kier molecular flexibility index (Phi) is 6.73. The van der Waals surface area contributed by atoms with Crippen molar-refractivity contribution in [1.82, 2.24) is 9.97 Å². The van der Waals surface area contributed by atoms with Crippen molar-refractivity contribution in [3.05, 3.63) is 41.6 Å². The van der Waals surface area contributed by atoms with Gasteiger partial charge in [-0.15, -0.1) is 0 Å². The number of alkyl halides is 6. The molecule has 0 aliphatic rings. The number of aryl methyl sites for hydroxylation is 1. The standard InChI is InChI=1S/C18H19F6N3O/c1-3-6-12-7-5-8-13(9-12)27(4-2)16-25-10-14(18(22,23)24)15(26-16)28-11-17(19,20)21/h5,7-10H,3-4,6,11H2,1-2H3. The summed E-state index contributed by atoms with van der Waals surface area (Å²) in [6.45, 7) is 2.14. The molecule has 154 valence electrons. The number of nitrogens with zero attached hydrogens (tertiary/aromatic N) is 3. The molecular formula is C18H19F6N3O. The molecule has 0 aliphatic heterocycles. The minimum atomic E-state index is -4.95. The van der Waals surface area contributed by atoms with E-state index < -0.39 is 30.4 Å². The fourth-order valence-corrected chi connectivity index (χ4v) is 2.55. The van der Waals surface area contributed by atoms with Crippen molar-refractivity contribution in [3.63, 3.8) is 0 Å². The molecule has 0 saturated carbocycles. The van der Waals surface area contributed by atoms with Crippen LogP contribution in [0.4, 0.5) is 38.0 Å². The van der Waals surface area contributed by atoms with Crippen molar-refractivity contribution in [2.45, 2.75) is 39.0 Å². The molecule has 1 aromatic heterocycles. The highest BCUT2D eigenvalue weighted by Gasteiger charge is 2.38. The van der Waals surface area contributed by atoms with E-state index in [1.165, 1.54) is 4.90 Å². The summed E-state index contributed by atoms with van der Waals surface area (Å²) >= 11 is 0. The number of ether oxygens (including phenoxy) is 1. The predicted octanol–water partition coefficient (Wildman–Crippen LogP) is 5.55. The van der Waals surface area contributed by atoms with Gasteiger partial charge in [-0.2, -0.15) is 31.3 Å². The molecule has 0 spiro atoms. The van der Waals surface area contributed by atoms with Gasteiger partial charge in [-0.25, -0.2) is 4.98 Å². The van der Waals surface area contributed by atoms with E-state index in [2.05, 4.69) is 14.7 Å². The van der Waals surface area contributed by atoms with Gasteiger partial charge < -0.3 is 9.64 Å². The first-order valence-corrected chi connectivity index (χ1v) is 8.55. The number of halogens is 6. The van der Waals surface area contributed by atoms with Crippen LogP contribution >= 0.6 is 0 Å². The maximum Gasteiger partial charge on any atom is 0.423 e. The van der Waals surface area contributed by atoms with E-state index in [1.807, 2.05) is 19.1 Å². The summed E-state index contributed by atoms with van der Waals surface area (Å²) in [6.07, 6.45) is -7.60. The zero-order valence-electron chi connectivity index (χ0n) is 15.2. The third-order valence-electron chi connectivity index (χ3n) is 3.74. The summed E-state index contributed by atoms with van der Waals surface area (Å²) in [5.74, 6) is -1.33. The molecular weight excluding hydrogens is 388 g/mol. The highest BCUT2D eigenvalue weighted by molar-refractivity contribution is 5.58. The molecule has 2 aromatic rings. The highest BCUT2D eigenvalue weighted by atomic mass is 19.4. The summed E-state index contributed by atoms with van der Waals surface area (Å²) in [6, 6.07) is 7.25. The van der Waals surface area contributed by atoms with Crippen LogP contribution in [0.15, 0.2) is 30.5 Å². The lowest BCUT2D eigenvalue weighted by molar-refractivity contribution is -0.159. The van der Waals surface area contributed by atoms with Gasteiger partial charge in [0.25, 0.3) is 0 Å². The smallest absolute Gasteiger partial charge is 0.423 e. The van der Waals surface area contributed by atoms with Crippen LogP contribution < -0.4 is 9.64 Å². The Hall–Kier alpha value is -2.52. The number of hydrogen-bond donors (Lipinski definition) is 0. The van der Waals surface area contributed by atoms with E-state index >= 15 is 0 Å². The minimum absolute atomic E-state index is 0.179. The van der Waals surface area contributed by atoms with E-state index in [9.17, 15) is 26.3 Å². The lowest BCUT2D eigenvalue weighted by atomic mass is 10.1. The van der Waals surface area contributed by atoms with Crippen LogP contribution in [0.25, 0.3) is 0 Å². The molecule has 0 radical (unpaired) electrons. The van der Waals surface area contributed by atoms with Crippen LogP contribution in [-0.4, -0.2) is 29.3 Å². The van der Waals surface area contributed by atoms with Gasteiger partial charge in [-0.1, -0.05) is 25.5 Å². The van der Waals surface area contributed by atoms with Crippen LogP contribution in [0.2, 0.25) is 0 Å². The van der Waals surface area contributed by atoms with Crippen LogP contribution in [0.5, 0.6) is 5.88 Å². The van der Waals surface area contributed by atoms with Crippen molar-refractivity contribution in [1.29, 1.82) is 0 Å². The first-order valence-electron chi connectivity index (χ1n) is 8.55. The molecule has 0 N–H and O–H groups in total. The summed E-state index contributed by atoms with van der Waals surface area (Å²) in [4.78, 5) is 8.84. The van der Waals surface area contributed by atoms with Crippen LogP contribution in [0, 0.1) is 0 Å². The summed E-state index contributed by atoms with van der Waals surface area (Å²) < 4.78 is 80.9. The van der Waals surface area contributed by atoms with Crippen LogP contribution in [0.3, 0.4) is 0 Å². The van der Waals surface area contributed by atoms with Crippen molar-refractivity contribution >= 4 is 11.6 Å². The molecule has 2 rings (SSSR count). The van der Waals surface area contributed by atoms with Gasteiger partial charge in [-0.05, 0) is 31.0 Å². The Morgan fingerprint density at radius 2 is 1.79 bits per heavy atom. The molecule has 4 nitrogen and oxygen atoms in total. The average Bonchev–Trinajstić information content (AvgIpc) is 2.60. The second kappa shape index (κ2) is 8.66. The highest BCUT2D eigenvalue weighted by Crippen LogP contribution is 2.37. The first-order chi connectivity index (χ1) is 13.0. The minimum Gasteiger partial charge on any atom is -0.467 e. The third-order valence-corrected chi connectivity index (χ3v) is 3.74. The lowest BCUT2D eigenvalue weighted by Crippen LogP contribution is -2.24. The molecule has 1 aromatic carbocycles. The molecule has 0 atom stereocenters. The maximum atomic E-state index is 13.1. The number of hydrogen-bond acceptors (Lipinski definition) is 4. The topological polar surface area (TPSA) is 38.2 Å². The van der Waals surface area contributed by atoms with Gasteiger partial charge in [0.2, 0.25) is 11.8 Å². The molecule has 1 heterocycles. The monoisotopic (exact) mass is 407 g/mol. The number of anilines is 2. The predicted molar refractivity (Wildman–Crippen MR) is 91.7 cm³/mol. The van der Waals surface area contributed by atoms with E-state index in [1.54, 1.807) is 19.1 Å². The molecule has 0 fully saturated rings. The number of rotatable bonds is 7. The summed E-state index contributed by atoms with van der Waals surface area (Å²) in [5.41, 5.74) is 0.171. The fraction of sp³-hybridized carbons (Fsp3) is 0.444. The Morgan fingerprint density at radius 1 is 1.07 bits per heavy atom. The second-order valence-corrected chi connectivity index (χ2v) is 5.95. The summed E-state index contributed by atoms with van der Waals surface area (Å²) in [5, 5.41) is 0. The molecule has 0 unspecified atom stereocenters. The van der Waals surface area contributed by atoms with Gasteiger partial charge in [0.1, 0.15) is 5.56 Å². The lowest BCUT2D eigenvalue weighted by Gasteiger charge is -2.23. The van der Waals surface area contributed by atoms with Crippen molar-refractivity contribution in [3.8, 4) is 5.88 Å². The third kappa shape index (κ3) is 5.74. The van der Waals surface area contributed by atoms with Gasteiger partial charge in [0.05, 0.1) is 0 Å². The normalized spacial score (nSPS) is 12.1. The number of benzene rings is 1.